The van der Waals surface area contributed by atoms with Crippen molar-refractivity contribution in [2.75, 3.05) is 26.2 Å². The van der Waals surface area contributed by atoms with Crippen molar-refractivity contribution in [3.63, 3.8) is 0 Å². The normalized spacial score (nSPS) is 29.1. The van der Waals surface area contributed by atoms with Gasteiger partial charge in [-0.3, -0.25) is 9.69 Å². The van der Waals surface area contributed by atoms with Crippen LogP contribution in [0.1, 0.15) is 79.1 Å². The van der Waals surface area contributed by atoms with Gasteiger partial charge in [0.05, 0.1) is 18.6 Å². The summed E-state index contributed by atoms with van der Waals surface area (Å²) in [6.07, 6.45) is -1.22. The Labute approximate surface area is 200 Å². The molecular formula is C24H39F3N2O5. The number of esters is 2. The van der Waals surface area contributed by atoms with E-state index in [-0.39, 0.29) is 24.9 Å². The largest absolute Gasteiger partial charge is 0.466 e. The number of ether oxygens (including phenoxy) is 3. The second-order valence-electron chi connectivity index (χ2n) is 10.5. The van der Waals surface area contributed by atoms with Crippen LogP contribution in [0.4, 0.5) is 13.2 Å². The van der Waals surface area contributed by atoms with E-state index in [1.54, 1.807) is 32.6 Å². The minimum absolute atomic E-state index is 0.0825. The van der Waals surface area contributed by atoms with Crippen LogP contribution < -0.4 is 0 Å². The number of hydrogen-bond donors (Lipinski definition) is 0. The van der Waals surface area contributed by atoms with Crippen LogP contribution in [-0.2, 0) is 23.8 Å². The van der Waals surface area contributed by atoms with Crippen molar-refractivity contribution in [3.8, 4) is 0 Å². The van der Waals surface area contributed by atoms with Gasteiger partial charge in [0.25, 0.3) is 5.85 Å². The van der Waals surface area contributed by atoms with Crippen molar-refractivity contribution in [1.29, 1.82) is 0 Å². The van der Waals surface area contributed by atoms with Gasteiger partial charge in [-0.15, -0.1) is 0 Å². The molecule has 1 unspecified atom stereocenters. The molecule has 2 heterocycles. The number of likely N-dealkylation sites (tertiary alicyclic amines) is 2. The van der Waals surface area contributed by atoms with Crippen molar-refractivity contribution >= 4 is 11.9 Å². The van der Waals surface area contributed by atoms with Crippen LogP contribution in [0.25, 0.3) is 0 Å². The van der Waals surface area contributed by atoms with Gasteiger partial charge in [-0.05, 0) is 79.1 Å². The third-order valence-electron chi connectivity index (χ3n) is 6.84. The van der Waals surface area contributed by atoms with Gasteiger partial charge in [0.15, 0.2) is 0 Å². The van der Waals surface area contributed by atoms with Crippen LogP contribution in [-0.4, -0.2) is 77.8 Å². The number of carbonyl (C=O) groups excluding carboxylic acids is 2. The number of halogens is 3. The predicted molar refractivity (Wildman–Crippen MR) is 119 cm³/mol. The van der Waals surface area contributed by atoms with E-state index < -0.39 is 35.7 Å². The third kappa shape index (κ3) is 6.05. The zero-order chi connectivity index (χ0) is 25.1. The molecule has 0 bridgehead atoms. The first-order chi connectivity index (χ1) is 15.9. The van der Waals surface area contributed by atoms with Crippen LogP contribution >= 0.6 is 0 Å². The van der Waals surface area contributed by atoms with Crippen LogP contribution in [0.15, 0.2) is 0 Å². The lowest BCUT2D eigenvalue weighted by Gasteiger charge is -2.50. The summed E-state index contributed by atoms with van der Waals surface area (Å²) in [7, 11) is 0. The van der Waals surface area contributed by atoms with E-state index in [1.807, 2.05) is 0 Å². The summed E-state index contributed by atoms with van der Waals surface area (Å²) < 4.78 is 59.7. The van der Waals surface area contributed by atoms with Gasteiger partial charge >= 0.3 is 18.1 Å². The second kappa shape index (κ2) is 10.7. The maximum absolute atomic E-state index is 14.1. The molecule has 3 rings (SSSR count). The minimum atomic E-state index is -4.49. The average molecular weight is 493 g/mol. The molecule has 0 amide bonds. The Kier molecular flexibility index (Phi) is 8.56. The molecule has 0 radical (unpaired) electrons. The first-order valence-corrected chi connectivity index (χ1v) is 12.5. The lowest BCUT2D eigenvalue weighted by Crippen LogP contribution is -2.71. The van der Waals surface area contributed by atoms with Crippen LogP contribution in [0.5, 0.6) is 0 Å². The highest BCUT2D eigenvalue weighted by Gasteiger charge is 2.62. The molecule has 2 atom stereocenters. The molecule has 0 aromatic carbocycles. The van der Waals surface area contributed by atoms with Crippen molar-refractivity contribution in [3.05, 3.63) is 0 Å². The number of nitrogens with zero attached hydrogens (tertiary/aromatic N) is 2. The van der Waals surface area contributed by atoms with E-state index in [2.05, 4.69) is 0 Å². The Morgan fingerprint density at radius 2 is 1.53 bits per heavy atom. The molecule has 10 heteroatoms. The van der Waals surface area contributed by atoms with Gasteiger partial charge in [0.1, 0.15) is 11.6 Å². The zero-order valence-electron chi connectivity index (χ0n) is 20.8. The van der Waals surface area contributed by atoms with Crippen molar-refractivity contribution in [1.82, 2.24) is 9.80 Å². The lowest BCUT2D eigenvalue weighted by molar-refractivity contribution is -0.301. The molecule has 2 aliphatic heterocycles. The fourth-order valence-corrected chi connectivity index (χ4v) is 5.36. The molecule has 7 nitrogen and oxygen atoms in total. The van der Waals surface area contributed by atoms with Gasteiger partial charge in [-0.2, -0.15) is 13.2 Å². The summed E-state index contributed by atoms with van der Waals surface area (Å²) in [6.45, 7) is 8.18. The molecule has 196 valence electrons. The maximum Gasteiger partial charge on any atom is 0.404 e. The summed E-state index contributed by atoms with van der Waals surface area (Å²) in [5, 5.41) is 0. The zero-order valence-corrected chi connectivity index (χ0v) is 20.8. The van der Waals surface area contributed by atoms with Gasteiger partial charge in [0.2, 0.25) is 0 Å². The molecule has 0 spiro atoms. The van der Waals surface area contributed by atoms with E-state index in [0.717, 1.165) is 12.8 Å². The molecule has 2 saturated heterocycles. The van der Waals surface area contributed by atoms with Crippen molar-refractivity contribution < 1.29 is 37.0 Å². The topological polar surface area (TPSA) is 68.3 Å². The van der Waals surface area contributed by atoms with Crippen molar-refractivity contribution in [2.45, 2.75) is 109 Å². The Hall–Kier alpha value is -1.39. The molecule has 3 aliphatic rings. The van der Waals surface area contributed by atoms with E-state index >= 15 is 0 Å². The third-order valence-corrected chi connectivity index (χ3v) is 6.84. The maximum atomic E-state index is 14.1. The summed E-state index contributed by atoms with van der Waals surface area (Å²) in [5.41, 5.74) is -0.888. The molecule has 0 N–H and O–H groups in total. The van der Waals surface area contributed by atoms with E-state index in [9.17, 15) is 22.8 Å². The van der Waals surface area contributed by atoms with Crippen LogP contribution in [0, 0.1) is 5.92 Å². The van der Waals surface area contributed by atoms with E-state index in [1.165, 1.54) is 4.90 Å². The summed E-state index contributed by atoms with van der Waals surface area (Å²) in [4.78, 5) is 28.9. The van der Waals surface area contributed by atoms with Gasteiger partial charge in [-0.1, -0.05) is 0 Å². The molecule has 0 aromatic rings. The Morgan fingerprint density at radius 1 is 0.912 bits per heavy atom. The first-order valence-electron chi connectivity index (χ1n) is 12.5. The minimum Gasteiger partial charge on any atom is -0.466 e. The standard InChI is InChI=1S/C24H39F3N2O5/c1-5-32-20(30)17-10-12-18(13-11-17)33-24(28-14-6-7-15-28,21(31)34-22(2,3)4)29-16-8-9-19(29)23(25,26)27/h17-19H,5-16H2,1-4H3/t17?,18?,19-,24?/m0/s1. The second-order valence-corrected chi connectivity index (χ2v) is 10.5. The summed E-state index contributed by atoms with van der Waals surface area (Å²) in [6, 6.07) is -1.78. The Bertz CT molecular complexity index is 712. The van der Waals surface area contributed by atoms with Crippen molar-refractivity contribution in [2.24, 2.45) is 5.92 Å². The Morgan fingerprint density at radius 3 is 2.06 bits per heavy atom. The fourth-order valence-electron chi connectivity index (χ4n) is 5.36. The number of alkyl halides is 3. The SMILES string of the molecule is CCOC(=O)C1CCC(OC(C(=O)OC(C)(C)C)(N2CCCC2)N2CCC[C@H]2C(F)(F)F)CC1. The number of hydrogen-bond acceptors (Lipinski definition) is 7. The molecule has 1 saturated carbocycles. The van der Waals surface area contributed by atoms with Crippen LogP contribution in [0.2, 0.25) is 0 Å². The van der Waals surface area contributed by atoms with E-state index in [0.29, 0.717) is 51.8 Å². The molecule has 0 aromatic heterocycles. The number of rotatable bonds is 7. The summed E-state index contributed by atoms with van der Waals surface area (Å²) >= 11 is 0. The Balaban J connectivity index is 1.93. The molecule has 3 fully saturated rings. The molecule has 34 heavy (non-hydrogen) atoms. The van der Waals surface area contributed by atoms with Gasteiger partial charge < -0.3 is 14.2 Å². The molecule has 1 aliphatic carbocycles. The average Bonchev–Trinajstić information content (AvgIpc) is 3.43. The van der Waals surface area contributed by atoms with Gasteiger partial charge in [0, 0.05) is 19.6 Å². The monoisotopic (exact) mass is 492 g/mol. The highest BCUT2D eigenvalue weighted by Crippen LogP contribution is 2.43. The van der Waals surface area contributed by atoms with Crippen LogP contribution in [0.3, 0.4) is 0 Å². The highest BCUT2D eigenvalue weighted by molar-refractivity contribution is 5.79. The smallest absolute Gasteiger partial charge is 0.404 e. The predicted octanol–water partition coefficient (Wildman–Crippen LogP) is 4.24. The fraction of sp³-hybridized carbons (Fsp3) is 0.917. The summed E-state index contributed by atoms with van der Waals surface area (Å²) in [5.74, 6) is -3.24. The van der Waals surface area contributed by atoms with E-state index in [4.69, 9.17) is 14.2 Å². The lowest BCUT2D eigenvalue weighted by atomic mass is 9.87. The number of carbonyl (C=O) groups is 2. The quantitative estimate of drug-likeness (QED) is 0.493. The molecular weight excluding hydrogens is 453 g/mol. The highest BCUT2D eigenvalue weighted by atomic mass is 19.4. The van der Waals surface area contributed by atoms with Gasteiger partial charge in [-0.25, -0.2) is 9.69 Å². The first kappa shape index (κ1) is 27.2.